The minimum atomic E-state index is -0.381. The summed E-state index contributed by atoms with van der Waals surface area (Å²) in [6.45, 7) is 2.92. The summed E-state index contributed by atoms with van der Waals surface area (Å²) in [7, 11) is 2.06. The van der Waals surface area contributed by atoms with Crippen molar-refractivity contribution in [2.45, 2.75) is 19.0 Å². The number of aromatic nitrogens is 1. The average Bonchev–Trinajstić information content (AvgIpc) is 2.71. The Labute approximate surface area is 163 Å². The van der Waals surface area contributed by atoms with Crippen molar-refractivity contribution in [3.05, 3.63) is 64.0 Å². The number of anilines is 1. The molecule has 1 aromatic carbocycles. The standard InChI is InChI=1S/C20H23N5O3/c1-23-7-8-24-18-5-4-16(25(27)28)9-15(18)10-17(19(24)13-23)20(26)22-12-14-3-2-6-21-11-14/h2-6,9,11,17,19H,7-8,10,12-13H2,1H3,(H,22,26)/t17-,19+/m0/s1. The van der Waals surface area contributed by atoms with Gasteiger partial charge < -0.3 is 15.1 Å². The van der Waals surface area contributed by atoms with Crippen molar-refractivity contribution < 1.29 is 9.72 Å². The molecule has 1 saturated heterocycles. The molecule has 8 heteroatoms. The molecule has 1 fully saturated rings. The Bertz CT molecular complexity index is 889. The van der Waals surface area contributed by atoms with E-state index in [2.05, 4.69) is 27.1 Å². The van der Waals surface area contributed by atoms with E-state index >= 15 is 0 Å². The number of hydrogen-bond acceptors (Lipinski definition) is 6. The molecule has 0 bridgehead atoms. The second-order valence-electron chi connectivity index (χ2n) is 7.48. The molecule has 4 rings (SSSR count). The Balaban J connectivity index is 1.59. The molecule has 3 heterocycles. The number of carbonyl (C=O) groups is 1. The third-order valence-corrected chi connectivity index (χ3v) is 5.64. The third-order valence-electron chi connectivity index (χ3n) is 5.64. The predicted molar refractivity (Wildman–Crippen MR) is 105 cm³/mol. The lowest BCUT2D eigenvalue weighted by Gasteiger charge is -2.48. The lowest BCUT2D eigenvalue weighted by Crippen LogP contribution is -2.60. The first kappa shape index (κ1) is 18.4. The molecule has 0 unspecified atom stereocenters. The Morgan fingerprint density at radius 3 is 2.96 bits per heavy atom. The number of pyridine rings is 1. The number of nitrogens with zero attached hydrogens (tertiary/aromatic N) is 4. The second kappa shape index (κ2) is 7.55. The minimum absolute atomic E-state index is 0.0219. The van der Waals surface area contributed by atoms with Gasteiger partial charge in [0.05, 0.1) is 16.9 Å². The van der Waals surface area contributed by atoms with E-state index in [1.807, 2.05) is 18.2 Å². The van der Waals surface area contributed by atoms with Crippen LogP contribution in [0.15, 0.2) is 42.7 Å². The molecule has 1 N–H and O–H groups in total. The van der Waals surface area contributed by atoms with Crippen LogP contribution in [-0.4, -0.2) is 53.4 Å². The summed E-state index contributed by atoms with van der Waals surface area (Å²) in [5.74, 6) is -0.278. The van der Waals surface area contributed by atoms with Crippen LogP contribution < -0.4 is 10.2 Å². The highest BCUT2D eigenvalue weighted by Crippen LogP contribution is 2.37. The first-order valence-electron chi connectivity index (χ1n) is 9.42. The number of carbonyl (C=O) groups excluding carboxylic acids is 1. The van der Waals surface area contributed by atoms with Gasteiger partial charge >= 0.3 is 0 Å². The molecule has 2 atom stereocenters. The van der Waals surface area contributed by atoms with Crippen LogP contribution in [-0.2, 0) is 17.8 Å². The summed E-state index contributed by atoms with van der Waals surface area (Å²) in [5.41, 5.74) is 2.90. The van der Waals surface area contributed by atoms with E-state index in [0.29, 0.717) is 13.0 Å². The lowest BCUT2D eigenvalue weighted by atomic mass is 9.83. The second-order valence-corrected chi connectivity index (χ2v) is 7.48. The third kappa shape index (κ3) is 3.55. The number of likely N-dealkylation sites (N-methyl/N-ethyl adjacent to an activating group) is 1. The van der Waals surface area contributed by atoms with Crippen LogP contribution in [0.25, 0.3) is 0 Å². The number of hydrogen-bond donors (Lipinski definition) is 1. The number of nitro benzene ring substituents is 1. The first-order chi connectivity index (χ1) is 13.5. The number of piperazine rings is 1. The fraction of sp³-hybridized carbons (Fsp3) is 0.400. The van der Waals surface area contributed by atoms with E-state index in [9.17, 15) is 14.9 Å². The number of nitrogens with one attached hydrogen (secondary N) is 1. The number of amides is 1. The van der Waals surface area contributed by atoms with Crippen LogP contribution >= 0.6 is 0 Å². The van der Waals surface area contributed by atoms with Gasteiger partial charge in [0, 0.05) is 56.4 Å². The van der Waals surface area contributed by atoms with Crippen LogP contribution in [0, 0.1) is 16.0 Å². The average molecular weight is 381 g/mol. The summed E-state index contributed by atoms with van der Waals surface area (Å²) in [6.07, 6.45) is 3.94. The molecular weight excluding hydrogens is 358 g/mol. The SMILES string of the molecule is CN1CCN2c3ccc([N+](=O)[O-])cc3C[C@H](C(=O)NCc3cccnc3)[C@H]2C1. The highest BCUT2D eigenvalue weighted by Gasteiger charge is 2.41. The number of benzene rings is 1. The number of fused-ring (bicyclic) bond motifs is 3. The predicted octanol–water partition coefficient (Wildman–Crippen LogP) is 1.60. The Hall–Kier alpha value is -3.00. The molecule has 2 aromatic rings. The van der Waals surface area contributed by atoms with Crippen LogP contribution in [0.5, 0.6) is 0 Å². The molecule has 2 aliphatic rings. The molecule has 1 amide bonds. The smallest absolute Gasteiger partial charge is 0.269 e. The summed E-state index contributed by atoms with van der Waals surface area (Å²) in [6, 6.07) is 8.82. The van der Waals surface area contributed by atoms with Crippen molar-refractivity contribution in [3.63, 3.8) is 0 Å². The number of non-ortho nitro benzene ring substituents is 1. The van der Waals surface area contributed by atoms with E-state index in [1.54, 1.807) is 24.5 Å². The van der Waals surface area contributed by atoms with Crippen molar-refractivity contribution in [3.8, 4) is 0 Å². The van der Waals surface area contributed by atoms with E-state index in [4.69, 9.17) is 0 Å². The normalized spacial score (nSPS) is 21.5. The van der Waals surface area contributed by atoms with Gasteiger partial charge in [0.25, 0.3) is 5.69 Å². The van der Waals surface area contributed by atoms with Gasteiger partial charge in [-0.1, -0.05) is 6.07 Å². The zero-order valence-corrected chi connectivity index (χ0v) is 15.7. The molecule has 8 nitrogen and oxygen atoms in total. The van der Waals surface area contributed by atoms with Gasteiger partial charge in [0.15, 0.2) is 0 Å². The maximum atomic E-state index is 13.1. The van der Waals surface area contributed by atoms with Crippen LogP contribution in [0.2, 0.25) is 0 Å². The lowest BCUT2D eigenvalue weighted by molar-refractivity contribution is -0.384. The fourth-order valence-electron chi connectivity index (χ4n) is 4.19. The maximum Gasteiger partial charge on any atom is 0.269 e. The van der Waals surface area contributed by atoms with Gasteiger partial charge in [-0.15, -0.1) is 0 Å². The summed E-state index contributed by atoms with van der Waals surface area (Å²) >= 11 is 0. The summed E-state index contributed by atoms with van der Waals surface area (Å²) in [5, 5.41) is 14.2. The van der Waals surface area contributed by atoms with Crippen LogP contribution in [0.3, 0.4) is 0 Å². The molecular formula is C20H23N5O3. The highest BCUT2D eigenvalue weighted by molar-refractivity contribution is 5.82. The first-order valence-corrected chi connectivity index (χ1v) is 9.42. The minimum Gasteiger partial charge on any atom is -0.365 e. The van der Waals surface area contributed by atoms with Gasteiger partial charge in [-0.05, 0) is 36.7 Å². The summed E-state index contributed by atoms with van der Waals surface area (Å²) in [4.78, 5) is 32.4. The topological polar surface area (TPSA) is 91.6 Å². The van der Waals surface area contributed by atoms with Gasteiger partial charge in [0.2, 0.25) is 5.91 Å². The Morgan fingerprint density at radius 2 is 2.21 bits per heavy atom. The quantitative estimate of drug-likeness (QED) is 0.639. The van der Waals surface area contributed by atoms with Crippen molar-refractivity contribution in [2.24, 2.45) is 5.92 Å². The monoisotopic (exact) mass is 381 g/mol. The van der Waals surface area contributed by atoms with Crippen LogP contribution in [0.1, 0.15) is 11.1 Å². The molecule has 0 spiro atoms. The fourth-order valence-corrected chi connectivity index (χ4v) is 4.19. The molecule has 2 aliphatic heterocycles. The zero-order valence-electron chi connectivity index (χ0n) is 15.7. The van der Waals surface area contributed by atoms with E-state index in [0.717, 1.165) is 36.4 Å². The Kier molecular flexibility index (Phi) is 4.95. The van der Waals surface area contributed by atoms with Crippen molar-refractivity contribution in [1.29, 1.82) is 0 Å². The molecule has 28 heavy (non-hydrogen) atoms. The van der Waals surface area contributed by atoms with Gasteiger partial charge in [-0.2, -0.15) is 0 Å². The molecule has 0 aliphatic carbocycles. The largest absolute Gasteiger partial charge is 0.365 e. The molecule has 0 radical (unpaired) electrons. The molecule has 146 valence electrons. The van der Waals surface area contributed by atoms with E-state index in [1.165, 1.54) is 0 Å². The molecule has 0 saturated carbocycles. The number of nitro groups is 1. The highest BCUT2D eigenvalue weighted by atomic mass is 16.6. The van der Waals surface area contributed by atoms with Crippen molar-refractivity contribution >= 4 is 17.3 Å². The van der Waals surface area contributed by atoms with E-state index < -0.39 is 0 Å². The van der Waals surface area contributed by atoms with Crippen LogP contribution in [0.4, 0.5) is 11.4 Å². The Morgan fingerprint density at radius 1 is 1.36 bits per heavy atom. The number of rotatable bonds is 4. The van der Waals surface area contributed by atoms with Gasteiger partial charge in [-0.25, -0.2) is 0 Å². The van der Waals surface area contributed by atoms with Gasteiger partial charge in [0.1, 0.15) is 0 Å². The molecule has 1 aromatic heterocycles. The van der Waals surface area contributed by atoms with Gasteiger partial charge in [-0.3, -0.25) is 19.9 Å². The van der Waals surface area contributed by atoms with E-state index in [-0.39, 0.29) is 28.5 Å². The summed E-state index contributed by atoms with van der Waals surface area (Å²) < 4.78 is 0. The maximum absolute atomic E-state index is 13.1. The zero-order chi connectivity index (χ0) is 19.7. The van der Waals surface area contributed by atoms with Crippen molar-refractivity contribution in [1.82, 2.24) is 15.2 Å². The van der Waals surface area contributed by atoms with Crippen molar-refractivity contribution in [2.75, 3.05) is 31.6 Å².